The van der Waals surface area contributed by atoms with Crippen molar-refractivity contribution < 1.29 is 4.79 Å². The van der Waals surface area contributed by atoms with Crippen molar-refractivity contribution >= 4 is 29.0 Å². The average Bonchev–Trinajstić information content (AvgIpc) is 2.75. The van der Waals surface area contributed by atoms with Gasteiger partial charge >= 0.3 is 0 Å². The SMILES string of the molecule is CC1(CNc2cccc(C(N)=O)c2N)CCCS1. The molecule has 4 nitrogen and oxygen atoms in total. The van der Waals surface area contributed by atoms with E-state index in [1.165, 1.54) is 18.6 Å². The number of hydrogen-bond acceptors (Lipinski definition) is 4. The van der Waals surface area contributed by atoms with E-state index in [1.54, 1.807) is 12.1 Å². The summed E-state index contributed by atoms with van der Waals surface area (Å²) in [6.07, 6.45) is 2.47. The number of anilines is 2. The Bertz CT molecular complexity index is 456. The number of para-hydroxylation sites is 1. The Kier molecular flexibility index (Phi) is 3.71. The van der Waals surface area contributed by atoms with Crippen molar-refractivity contribution in [3.8, 4) is 0 Å². The topological polar surface area (TPSA) is 81.1 Å². The molecule has 1 aromatic rings. The molecule has 18 heavy (non-hydrogen) atoms. The van der Waals surface area contributed by atoms with Crippen LogP contribution in [0.2, 0.25) is 0 Å². The van der Waals surface area contributed by atoms with Gasteiger partial charge in [-0.3, -0.25) is 4.79 Å². The zero-order valence-electron chi connectivity index (χ0n) is 10.5. The third-order valence-corrected chi connectivity index (χ3v) is 4.86. The van der Waals surface area contributed by atoms with Gasteiger partial charge in [0.1, 0.15) is 0 Å². The number of carbonyl (C=O) groups is 1. The molecule has 0 aliphatic carbocycles. The van der Waals surface area contributed by atoms with Crippen molar-refractivity contribution in [1.82, 2.24) is 0 Å². The van der Waals surface area contributed by atoms with E-state index in [4.69, 9.17) is 11.5 Å². The lowest BCUT2D eigenvalue weighted by Crippen LogP contribution is -2.27. The lowest BCUT2D eigenvalue weighted by atomic mass is 10.1. The number of nitrogens with two attached hydrogens (primary N) is 2. The molecule has 1 atom stereocenters. The molecule has 1 amide bonds. The summed E-state index contributed by atoms with van der Waals surface area (Å²) < 4.78 is 0.259. The maximum absolute atomic E-state index is 11.2. The minimum Gasteiger partial charge on any atom is -0.396 e. The largest absolute Gasteiger partial charge is 0.396 e. The van der Waals surface area contributed by atoms with Gasteiger partial charge in [-0.2, -0.15) is 11.8 Å². The fraction of sp³-hybridized carbons (Fsp3) is 0.462. The van der Waals surface area contributed by atoms with E-state index in [1.807, 2.05) is 17.8 Å². The summed E-state index contributed by atoms with van der Waals surface area (Å²) >= 11 is 1.99. The second-order valence-corrected chi connectivity index (χ2v) is 6.57. The van der Waals surface area contributed by atoms with Crippen LogP contribution in [0.5, 0.6) is 0 Å². The molecule has 5 N–H and O–H groups in total. The molecule has 1 unspecified atom stereocenters. The molecule has 0 bridgehead atoms. The fourth-order valence-corrected chi connectivity index (χ4v) is 3.44. The molecule has 98 valence electrons. The summed E-state index contributed by atoms with van der Waals surface area (Å²) in [6.45, 7) is 3.11. The third-order valence-electron chi connectivity index (χ3n) is 3.32. The molecule has 1 heterocycles. The number of benzene rings is 1. The molecular weight excluding hydrogens is 246 g/mol. The molecule has 1 aromatic carbocycles. The van der Waals surface area contributed by atoms with Crippen molar-refractivity contribution in [1.29, 1.82) is 0 Å². The molecule has 0 spiro atoms. The van der Waals surface area contributed by atoms with Crippen LogP contribution in [0.1, 0.15) is 30.1 Å². The zero-order chi connectivity index (χ0) is 13.2. The Labute approximate surface area is 111 Å². The first kappa shape index (κ1) is 13.1. The highest BCUT2D eigenvalue weighted by Gasteiger charge is 2.29. The van der Waals surface area contributed by atoms with Gasteiger partial charge in [0.25, 0.3) is 5.91 Å². The number of hydrogen-bond donors (Lipinski definition) is 3. The lowest BCUT2D eigenvalue weighted by Gasteiger charge is -2.24. The first-order valence-electron chi connectivity index (χ1n) is 6.08. The van der Waals surface area contributed by atoms with Gasteiger partial charge < -0.3 is 16.8 Å². The minimum absolute atomic E-state index is 0.259. The first-order valence-corrected chi connectivity index (χ1v) is 7.06. The van der Waals surface area contributed by atoms with Crippen LogP contribution in [0.4, 0.5) is 11.4 Å². The number of primary amides is 1. The Morgan fingerprint density at radius 2 is 2.33 bits per heavy atom. The number of nitrogens with one attached hydrogen (secondary N) is 1. The van der Waals surface area contributed by atoms with E-state index >= 15 is 0 Å². The number of amides is 1. The third kappa shape index (κ3) is 2.72. The Hall–Kier alpha value is -1.36. The molecule has 2 rings (SSSR count). The highest BCUT2D eigenvalue weighted by Crippen LogP contribution is 2.38. The van der Waals surface area contributed by atoms with E-state index in [0.29, 0.717) is 11.3 Å². The standard InChI is InChI=1S/C13H19N3OS/c1-13(6-3-7-18-13)8-16-10-5-2-4-9(11(10)14)12(15)17/h2,4-5,16H,3,6-8,14H2,1H3,(H2,15,17). The molecule has 1 aliphatic heterocycles. The predicted molar refractivity (Wildman–Crippen MR) is 78.0 cm³/mol. The summed E-state index contributed by atoms with van der Waals surface area (Å²) in [4.78, 5) is 11.2. The van der Waals surface area contributed by atoms with Crippen molar-refractivity contribution in [2.24, 2.45) is 5.73 Å². The van der Waals surface area contributed by atoms with E-state index < -0.39 is 5.91 Å². The van der Waals surface area contributed by atoms with Crippen LogP contribution in [0.15, 0.2) is 18.2 Å². The molecule has 5 heteroatoms. The van der Waals surface area contributed by atoms with E-state index in [2.05, 4.69) is 12.2 Å². The van der Waals surface area contributed by atoms with Gasteiger partial charge in [-0.15, -0.1) is 0 Å². The van der Waals surface area contributed by atoms with Gasteiger partial charge in [0.15, 0.2) is 0 Å². The van der Waals surface area contributed by atoms with E-state index in [-0.39, 0.29) is 4.75 Å². The second kappa shape index (κ2) is 5.10. The number of rotatable bonds is 4. The summed E-state index contributed by atoms with van der Waals surface area (Å²) in [5.41, 5.74) is 12.8. The number of carbonyl (C=O) groups excluding carboxylic acids is 1. The molecular formula is C13H19N3OS. The van der Waals surface area contributed by atoms with Gasteiger partial charge in [-0.25, -0.2) is 0 Å². The van der Waals surface area contributed by atoms with E-state index in [0.717, 1.165) is 12.2 Å². The van der Waals surface area contributed by atoms with Crippen molar-refractivity contribution in [2.45, 2.75) is 24.5 Å². The second-order valence-electron chi connectivity index (χ2n) is 4.89. The number of thioether (sulfide) groups is 1. The molecule has 0 radical (unpaired) electrons. The molecule has 1 aliphatic rings. The predicted octanol–water partition coefficient (Wildman–Crippen LogP) is 2.07. The Morgan fingerprint density at radius 3 is 2.94 bits per heavy atom. The monoisotopic (exact) mass is 265 g/mol. The van der Waals surface area contributed by atoms with Crippen LogP contribution < -0.4 is 16.8 Å². The van der Waals surface area contributed by atoms with Gasteiger partial charge in [-0.05, 0) is 37.7 Å². The molecule has 0 saturated carbocycles. The van der Waals surface area contributed by atoms with Gasteiger partial charge in [0.2, 0.25) is 0 Å². The van der Waals surface area contributed by atoms with Crippen LogP contribution >= 0.6 is 11.8 Å². The van der Waals surface area contributed by atoms with E-state index in [9.17, 15) is 4.79 Å². The quantitative estimate of drug-likeness (QED) is 0.728. The number of nitrogen functional groups attached to an aromatic ring is 1. The van der Waals surface area contributed by atoms with Crippen molar-refractivity contribution in [3.63, 3.8) is 0 Å². The molecule has 1 saturated heterocycles. The van der Waals surface area contributed by atoms with Crippen LogP contribution in [-0.4, -0.2) is 23.0 Å². The van der Waals surface area contributed by atoms with Crippen LogP contribution in [-0.2, 0) is 0 Å². The highest BCUT2D eigenvalue weighted by molar-refractivity contribution is 8.00. The van der Waals surface area contributed by atoms with Crippen LogP contribution in [0.25, 0.3) is 0 Å². The summed E-state index contributed by atoms with van der Waals surface area (Å²) in [6, 6.07) is 5.32. The van der Waals surface area contributed by atoms with Crippen molar-refractivity contribution in [3.05, 3.63) is 23.8 Å². The van der Waals surface area contributed by atoms with Gasteiger partial charge in [0.05, 0.1) is 16.9 Å². The summed E-state index contributed by atoms with van der Waals surface area (Å²) in [5, 5.41) is 3.34. The maximum atomic E-state index is 11.2. The Balaban J connectivity index is 2.10. The zero-order valence-corrected chi connectivity index (χ0v) is 11.3. The average molecular weight is 265 g/mol. The molecule has 1 fully saturated rings. The van der Waals surface area contributed by atoms with Crippen LogP contribution in [0.3, 0.4) is 0 Å². The van der Waals surface area contributed by atoms with Gasteiger partial charge in [0, 0.05) is 11.3 Å². The smallest absolute Gasteiger partial charge is 0.250 e. The van der Waals surface area contributed by atoms with Crippen molar-refractivity contribution in [2.75, 3.05) is 23.3 Å². The normalized spacial score (nSPS) is 22.9. The summed E-state index contributed by atoms with van der Waals surface area (Å²) in [7, 11) is 0. The first-order chi connectivity index (χ1) is 8.52. The van der Waals surface area contributed by atoms with Gasteiger partial charge in [-0.1, -0.05) is 6.07 Å². The highest BCUT2D eigenvalue weighted by atomic mass is 32.2. The fourth-order valence-electron chi connectivity index (χ4n) is 2.19. The Morgan fingerprint density at radius 1 is 1.56 bits per heavy atom. The minimum atomic E-state index is -0.488. The maximum Gasteiger partial charge on any atom is 0.250 e. The molecule has 0 aromatic heterocycles. The van der Waals surface area contributed by atoms with Crippen LogP contribution in [0, 0.1) is 0 Å². The summed E-state index contributed by atoms with van der Waals surface area (Å²) in [5.74, 6) is 0.729. The lowest BCUT2D eigenvalue weighted by molar-refractivity contribution is 0.100.